The van der Waals surface area contributed by atoms with Gasteiger partial charge in [-0.1, -0.05) is 6.42 Å². The number of hydrogen-bond acceptors (Lipinski definition) is 8. The number of rotatable bonds is 5. The predicted octanol–water partition coefficient (Wildman–Crippen LogP) is 2.04. The van der Waals surface area contributed by atoms with E-state index in [-0.39, 0.29) is 17.7 Å². The molecule has 0 amide bonds. The zero-order valence-corrected chi connectivity index (χ0v) is 18.5. The minimum absolute atomic E-state index is 0.104. The highest BCUT2D eigenvalue weighted by Crippen LogP contribution is 2.35. The average molecular weight is 453 g/mol. The van der Waals surface area contributed by atoms with Crippen LogP contribution in [0.2, 0.25) is 0 Å². The van der Waals surface area contributed by atoms with E-state index in [0.29, 0.717) is 42.6 Å². The molecule has 3 aliphatic rings. The maximum absolute atomic E-state index is 13.4. The lowest BCUT2D eigenvalue weighted by molar-refractivity contribution is 0.0902. The Morgan fingerprint density at radius 1 is 1.03 bits per heavy atom. The zero-order valence-electron chi connectivity index (χ0n) is 18.5. The van der Waals surface area contributed by atoms with Gasteiger partial charge in [-0.3, -0.25) is 9.69 Å². The van der Waals surface area contributed by atoms with Crippen molar-refractivity contribution in [2.75, 3.05) is 32.9 Å². The molecule has 0 unspecified atom stereocenters. The van der Waals surface area contributed by atoms with Gasteiger partial charge in [0.05, 0.1) is 18.2 Å². The molecule has 0 aliphatic carbocycles. The van der Waals surface area contributed by atoms with E-state index in [1.807, 2.05) is 22.9 Å². The van der Waals surface area contributed by atoms with Gasteiger partial charge in [0, 0.05) is 23.6 Å². The largest absolute Gasteiger partial charge is 0.486 e. The van der Waals surface area contributed by atoms with Gasteiger partial charge < -0.3 is 19.2 Å². The van der Waals surface area contributed by atoms with E-state index >= 15 is 0 Å². The molecule has 2 aromatic heterocycles. The van der Waals surface area contributed by atoms with Crippen LogP contribution < -0.4 is 15.0 Å². The smallest absolute Gasteiger partial charge is 0.253 e. The third kappa shape index (κ3) is 3.97. The molecular formula is C23H28N6O4. The first-order valence-electron chi connectivity index (χ1n) is 11.8. The molecule has 0 saturated carbocycles. The second-order valence-electron chi connectivity index (χ2n) is 8.99. The van der Waals surface area contributed by atoms with Crippen LogP contribution in [0.5, 0.6) is 11.5 Å². The summed E-state index contributed by atoms with van der Waals surface area (Å²) in [4.78, 5) is 18.8. The Morgan fingerprint density at radius 3 is 2.64 bits per heavy atom. The molecule has 1 aromatic carbocycles. The lowest BCUT2D eigenvalue weighted by Crippen LogP contribution is -2.39. The number of likely N-dealkylation sites (tertiary alicyclic amines) is 1. The lowest BCUT2D eigenvalue weighted by Gasteiger charge is -2.33. The molecule has 2 saturated heterocycles. The Bertz CT molecular complexity index is 1200. The number of pyridine rings is 1. The van der Waals surface area contributed by atoms with Gasteiger partial charge in [-0.2, -0.15) is 0 Å². The van der Waals surface area contributed by atoms with Crippen LogP contribution >= 0.6 is 0 Å². The molecule has 5 heterocycles. The summed E-state index contributed by atoms with van der Waals surface area (Å²) < 4.78 is 19.1. The lowest BCUT2D eigenvalue weighted by atomic mass is 10.00. The minimum atomic E-state index is -0.331. The highest BCUT2D eigenvalue weighted by atomic mass is 16.6. The van der Waals surface area contributed by atoms with E-state index in [0.717, 1.165) is 56.3 Å². The fourth-order valence-corrected chi connectivity index (χ4v) is 5.16. The van der Waals surface area contributed by atoms with Crippen molar-refractivity contribution in [1.29, 1.82) is 0 Å². The average Bonchev–Trinajstić information content (AvgIpc) is 3.52. The SMILES string of the molecule is O=c1[nH]c2cc3c(cc2cc1[C@@H](c1nnnn1C[C@@H]1CCCO1)N1CCCCC1)OCCO3. The summed E-state index contributed by atoms with van der Waals surface area (Å²) >= 11 is 0. The summed E-state index contributed by atoms with van der Waals surface area (Å²) in [6.07, 6.45) is 5.53. The molecule has 174 valence electrons. The Kier molecular flexibility index (Phi) is 5.47. The number of benzene rings is 1. The van der Waals surface area contributed by atoms with Crippen LogP contribution in [0, 0.1) is 0 Å². The van der Waals surface area contributed by atoms with Crippen LogP contribution in [0.3, 0.4) is 0 Å². The third-order valence-electron chi connectivity index (χ3n) is 6.79. The number of aromatic amines is 1. The second-order valence-corrected chi connectivity index (χ2v) is 8.99. The van der Waals surface area contributed by atoms with Crippen molar-refractivity contribution >= 4 is 10.9 Å². The first kappa shape index (κ1) is 20.6. The van der Waals surface area contributed by atoms with Gasteiger partial charge in [0.1, 0.15) is 19.3 Å². The Hall–Kier alpha value is -2.98. The van der Waals surface area contributed by atoms with E-state index in [4.69, 9.17) is 14.2 Å². The zero-order chi connectivity index (χ0) is 22.2. The number of hydrogen-bond donors (Lipinski definition) is 1. The maximum atomic E-state index is 13.4. The van der Waals surface area contributed by atoms with Crippen LogP contribution in [0.25, 0.3) is 10.9 Å². The summed E-state index contributed by atoms with van der Waals surface area (Å²) in [5, 5.41) is 13.6. The highest BCUT2D eigenvalue weighted by molar-refractivity contribution is 5.83. The fourth-order valence-electron chi connectivity index (χ4n) is 5.16. The van der Waals surface area contributed by atoms with E-state index in [1.165, 1.54) is 6.42 Å². The van der Waals surface area contributed by atoms with E-state index in [2.05, 4.69) is 25.4 Å². The quantitative estimate of drug-likeness (QED) is 0.627. The monoisotopic (exact) mass is 452 g/mol. The van der Waals surface area contributed by atoms with Crippen LogP contribution in [0.4, 0.5) is 0 Å². The normalized spacial score (nSPS) is 22.0. The molecule has 0 spiro atoms. The number of fused-ring (bicyclic) bond motifs is 2. The standard InChI is InChI=1S/C23H28N6O4/c30-23-17(11-15-12-19-20(13-18(15)24-23)33-10-9-32-19)21(28-6-2-1-3-7-28)22-25-26-27-29(22)14-16-5-4-8-31-16/h11-13,16,21H,1-10,14H2,(H,24,30)/t16-,21-/m0/s1. The van der Waals surface area contributed by atoms with Crippen LogP contribution in [-0.2, 0) is 11.3 Å². The topological polar surface area (TPSA) is 107 Å². The maximum Gasteiger partial charge on any atom is 0.253 e. The highest BCUT2D eigenvalue weighted by Gasteiger charge is 2.32. The summed E-state index contributed by atoms with van der Waals surface area (Å²) in [7, 11) is 0. The molecule has 3 aromatic rings. The number of piperidine rings is 1. The van der Waals surface area contributed by atoms with Crippen molar-refractivity contribution in [3.8, 4) is 11.5 Å². The first-order valence-corrected chi connectivity index (χ1v) is 11.8. The summed E-state index contributed by atoms with van der Waals surface area (Å²) in [5.74, 6) is 2.05. The summed E-state index contributed by atoms with van der Waals surface area (Å²) in [6, 6.07) is 5.40. The van der Waals surface area contributed by atoms with Crippen molar-refractivity contribution < 1.29 is 14.2 Å². The van der Waals surface area contributed by atoms with Gasteiger partial charge in [-0.25, -0.2) is 4.68 Å². The van der Waals surface area contributed by atoms with Crippen molar-refractivity contribution in [2.45, 2.75) is 50.8 Å². The van der Waals surface area contributed by atoms with Crippen molar-refractivity contribution in [3.05, 3.63) is 39.9 Å². The van der Waals surface area contributed by atoms with Gasteiger partial charge >= 0.3 is 0 Å². The molecule has 10 nitrogen and oxygen atoms in total. The molecular weight excluding hydrogens is 424 g/mol. The van der Waals surface area contributed by atoms with Crippen molar-refractivity contribution in [1.82, 2.24) is 30.1 Å². The number of tetrazole rings is 1. The van der Waals surface area contributed by atoms with Gasteiger partial charge in [0.2, 0.25) is 0 Å². The van der Waals surface area contributed by atoms with Crippen LogP contribution in [-0.4, -0.2) is 69.1 Å². The van der Waals surface area contributed by atoms with E-state index in [9.17, 15) is 4.79 Å². The van der Waals surface area contributed by atoms with Gasteiger partial charge in [0.15, 0.2) is 17.3 Å². The molecule has 10 heteroatoms. The molecule has 0 radical (unpaired) electrons. The first-order chi connectivity index (χ1) is 16.3. The second kappa shape index (κ2) is 8.75. The summed E-state index contributed by atoms with van der Waals surface area (Å²) in [5.41, 5.74) is 1.23. The van der Waals surface area contributed by atoms with Crippen LogP contribution in [0.15, 0.2) is 23.0 Å². The number of H-pyrrole nitrogens is 1. The number of nitrogens with one attached hydrogen (secondary N) is 1. The molecule has 2 fully saturated rings. The molecule has 0 bridgehead atoms. The molecule has 3 aliphatic heterocycles. The Morgan fingerprint density at radius 2 is 1.85 bits per heavy atom. The molecule has 2 atom stereocenters. The number of ether oxygens (including phenoxy) is 3. The predicted molar refractivity (Wildman–Crippen MR) is 120 cm³/mol. The molecule has 6 rings (SSSR count). The van der Waals surface area contributed by atoms with Crippen molar-refractivity contribution in [3.63, 3.8) is 0 Å². The van der Waals surface area contributed by atoms with Crippen LogP contribution in [0.1, 0.15) is 49.5 Å². The Balaban J connectivity index is 1.44. The number of nitrogens with zero attached hydrogens (tertiary/aromatic N) is 5. The molecule has 1 N–H and O–H groups in total. The van der Waals surface area contributed by atoms with Crippen molar-refractivity contribution in [2.24, 2.45) is 0 Å². The van der Waals surface area contributed by atoms with E-state index < -0.39 is 0 Å². The van der Waals surface area contributed by atoms with Gasteiger partial charge in [-0.05, 0) is 61.3 Å². The minimum Gasteiger partial charge on any atom is -0.486 e. The summed E-state index contributed by atoms with van der Waals surface area (Å²) in [6.45, 7) is 4.19. The third-order valence-corrected chi connectivity index (χ3v) is 6.79. The van der Waals surface area contributed by atoms with Gasteiger partial charge in [0.25, 0.3) is 5.56 Å². The van der Waals surface area contributed by atoms with E-state index in [1.54, 1.807) is 0 Å². The van der Waals surface area contributed by atoms with Gasteiger partial charge in [-0.15, -0.1) is 5.10 Å². The molecule has 33 heavy (non-hydrogen) atoms. The fraction of sp³-hybridized carbons (Fsp3) is 0.565. The Labute approximate surface area is 190 Å². The number of aromatic nitrogens is 5.